The molecule has 0 unspecified atom stereocenters. The van der Waals surface area contributed by atoms with Crippen molar-refractivity contribution in [2.24, 2.45) is 0 Å². The minimum absolute atomic E-state index is 0.0876. The van der Waals surface area contributed by atoms with E-state index >= 15 is 0 Å². The molecule has 0 spiro atoms. The van der Waals surface area contributed by atoms with Crippen LogP contribution in [0.25, 0.3) is 10.9 Å². The summed E-state index contributed by atoms with van der Waals surface area (Å²) in [5.74, 6) is -0.676. The number of aromatic amines is 1. The monoisotopic (exact) mass is 341 g/mol. The molecule has 0 saturated carbocycles. The molecular formula is C19H17F2N3O. The van der Waals surface area contributed by atoms with Crippen LogP contribution in [0.15, 0.2) is 48.5 Å². The van der Waals surface area contributed by atoms with Crippen LogP contribution in [0.2, 0.25) is 0 Å². The minimum Gasteiger partial charge on any atom is -0.368 e. The Labute approximate surface area is 143 Å². The summed E-state index contributed by atoms with van der Waals surface area (Å²) in [5.41, 5.74) is 2.04. The molecule has 1 fully saturated rings. The summed E-state index contributed by atoms with van der Waals surface area (Å²) in [6.45, 7) is 2.54. The van der Waals surface area contributed by atoms with Gasteiger partial charge in [0.1, 0.15) is 17.3 Å². The summed E-state index contributed by atoms with van der Waals surface area (Å²) in [6.07, 6.45) is 0. The second kappa shape index (κ2) is 6.20. The van der Waals surface area contributed by atoms with Gasteiger partial charge in [0.05, 0.1) is 0 Å². The summed E-state index contributed by atoms with van der Waals surface area (Å²) in [5, 5.41) is 0.815. The lowest BCUT2D eigenvalue weighted by molar-refractivity contribution is 0.0742. The molecule has 1 N–H and O–H groups in total. The fraction of sp³-hybridized carbons (Fsp3) is 0.211. The maximum absolute atomic E-state index is 13.3. The third-order valence-electron chi connectivity index (χ3n) is 4.57. The number of amides is 1. The molecule has 1 aliphatic heterocycles. The van der Waals surface area contributed by atoms with E-state index in [1.165, 1.54) is 24.3 Å². The number of carbonyl (C=O) groups excluding carboxylic acids is 1. The van der Waals surface area contributed by atoms with E-state index in [-0.39, 0.29) is 17.5 Å². The van der Waals surface area contributed by atoms with Crippen LogP contribution in [0.4, 0.5) is 14.5 Å². The second-order valence-electron chi connectivity index (χ2n) is 6.17. The van der Waals surface area contributed by atoms with Crippen LogP contribution < -0.4 is 4.90 Å². The fourth-order valence-electron chi connectivity index (χ4n) is 3.20. The normalized spacial score (nSPS) is 15.0. The standard InChI is InChI=1S/C19H17F2N3O/c20-14-3-5-16(6-4-14)23-7-9-24(10-8-23)19(25)18-11-13-1-2-15(21)12-17(13)22-18/h1-6,11-12,22H,7-10H2. The summed E-state index contributed by atoms with van der Waals surface area (Å²) < 4.78 is 26.3. The van der Waals surface area contributed by atoms with Crippen molar-refractivity contribution in [3.63, 3.8) is 0 Å². The second-order valence-corrected chi connectivity index (χ2v) is 6.17. The first-order chi connectivity index (χ1) is 12.1. The Morgan fingerprint density at radius 1 is 0.880 bits per heavy atom. The summed E-state index contributed by atoms with van der Waals surface area (Å²) in [4.78, 5) is 19.6. The Morgan fingerprint density at radius 2 is 1.56 bits per heavy atom. The van der Waals surface area contributed by atoms with Gasteiger partial charge in [0.25, 0.3) is 5.91 Å². The molecule has 1 amide bonds. The van der Waals surface area contributed by atoms with Gasteiger partial charge >= 0.3 is 0 Å². The van der Waals surface area contributed by atoms with E-state index < -0.39 is 0 Å². The lowest BCUT2D eigenvalue weighted by Gasteiger charge is -2.36. The van der Waals surface area contributed by atoms with Gasteiger partial charge < -0.3 is 14.8 Å². The van der Waals surface area contributed by atoms with Crippen LogP contribution in [0.3, 0.4) is 0 Å². The summed E-state index contributed by atoms with van der Waals surface area (Å²) in [7, 11) is 0. The third-order valence-corrected chi connectivity index (χ3v) is 4.57. The molecule has 2 heterocycles. The molecule has 2 aromatic carbocycles. The van der Waals surface area contributed by atoms with Crippen LogP contribution in [-0.2, 0) is 0 Å². The Kier molecular flexibility index (Phi) is 3.87. The van der Waals surface area contributed by atoms with Crippen LogP contribution >= 0.6 is 0 Å². The highest BCUT2D eigenvalue weighted by Crippen LogP contribution is 2.20. The highest BCUT2D eigenvalue weighted by molar-refractivity contribution is 5.98. The SMILES string of the molecule is O=C(c1cc2ccc(F)cc2[nH]1)N1CCN(c2ccc(F)cc2)CC1. The van der Waals surface area contributed by atoms with Gasteiger partial charge in [-0.15, -0.1) is 0 Å². The van der Waals surface area contributed by atoms with Crippen molar-refractivity contribution in [1.82, 2.24) is 9.88 Å². The third kappa shape index (κ3) is 3.07. The van der Waals surface area contributed by atoms with Gasteiger partial charge in [-0.3, -0.25) is 4.79 Å². The molecule has 3 aromatic rings. The van der Waals surface area contributed by atoms with Crippen molar-refractivity contribution >= 4 is 22.5 Å². The van der Waals surface area contributed by atoms with Gasteiger partial charge in [-0.05, 0) is 48.5 Å². The Bertz CT molecular complexity index is 912. The first-order valence-electron chi connectivity index (χ1n) is 8.18. The fourth-order valence-corrected chi connectivity index (χ4v) is 3.20. The molecular weight excluding hydrogens is 324 g/mol. The van der Waals surface area contributed by atoms with Gasteiger partial charge in [-0.1, -0.05) is 0 Å². The molecule has 0 atom stereocenters. The van der Waals surface area contributed by atoms with E-state index in [9.17, 15) is 13.6 Å². The van der Waals surface area contributed by atoms with Crippen LogP contribution in [0, 0.1) is 11.6 Å². The maximum Gasteiger partial charge on any atom is 0.270 e. The van der Waals surface area contributed by atoms with Crippen molar-refractivity contribution in [2.45, 2.75) is 0 Å². The number of nitrogens with zero attached hydrogens (tertiary/aromatic N) is 2. The number of fused-ring (bicyclic) bond motifs is 1. The molecule has 1 aromatic heterocycles. The zero-order valence-electron chi connectivity index (χ0n) is 13.5. The number of rotatable bonds is 2. The van der Waals surface area contributed by atoms with E-state index in [1.807, 2.05) is 0 Å². The molecule has 128 valence electrons. The van der Waals surface area contributed by atoms with E-state index in [0.29, 0.717) is 37.4 Å². The number of piperazine rings is 1. The van der Waals surface area contributed by atoms with Crippen LogP contribution in [-0.4, -0.2) is 42.0 Å². The first kappa shape index (κ1) is 15.6. The van der Waals surface area contributed by atoms with Gasteiger partial charge in [0.15, 0.2) is 0 Å². The number of hydrogen-bond acceptors (Lipinski definition) is 2. The number of carbonyl (C=O) groups is 1. The molecule has 6 heteroatoms. The Morgan fingerprint density at radius 3 is 2.28 bits per heavy atom. The predicted molar refractivity (Wildman–Crippen MR) is 92.8 cm³/mol. The van der Waals surface area contributed by atoms with Gasteiger partial charge in [-0.25, -0.2) is 8.78 Å². The summed E-state index contributed by atoms with van der Waals surface area (Å²) in [6, 6.07) is 12.6. The minimum atomic E-state index is -0.332. The van der Waals surface area contributed by atoms with Crippen LogP contribution in [0.1, 0.15) is 10.5 Å². The molecule has 0 radical (unpaired) electrons. The highest BCUT2D eigenvalue weighted by atomic mass is 19.1. The van der Waals surface area contributed by atoms with Crippen molar-refractivity contribution in [3.05, 3.63) is 65.9 Å². The Hall–Kier alpha value is -2.89. The van der Waals surface area contributed by atoms with Gasteiger partial charge in [-0.2, -0.15) is 0 Å². The largest absolute Gasteiger partial charge is 0.368 e. The zero-order valence-corrected chi connectivity index (χ0v) is 13.5. The van der Waals surface area contributed by atoms with Crippen molar-refractivity contribution in [2.75, 3.05) is 31.1 Å². The zero-order chi connectivity index (χ0) is 17.4. The number of halogens is 2. The maximum atomic E-state index is 13.3. The number of hydrogen-bond donors (Lipinski definition) is 1. The lowest BCUT2D eigenvalue weighted by Crippen LogP contribution is -2.48. The molecule has 0 bridgehead atoms. The van der Waals surface area contributed by atoms with E-state index in [0.717, 1.165) is 11.1 Å². The molecule has 4 nitrogen and oxygen atoms in total. The number of H-pyrrole nitrogens is 1. The van der Waals surface area contributed by atoms with Gasteiger partial charge in [0, 0.05) is 42.8 Å². The smallest absolute Gasteiger partial charge is 0.270 e. The van der Waals surface area contributed by atoms with Crippen molar-refractivity contribution in [1.29, 1.82) is 0 Å². The number of anilines is 1. The average Bonchev–Trinajstić information content (AvgIpc) is 3.05. The molecule has 0 aliphatic carbocycles. The van der Waals surface area contributed by atoms with Crippen molar-refractivity contribution < 1.29 is 13.6 Å². The van der Waals surface area contributed by atoms with E-state index in [4.69, 9.17) is 0 Å². The van der Waals surface area contributed by atoms with E-state index in [1.54, 1.807) is 29.2 Å². The number of nitrogens with one attached hydrogen (secondary N) is 1. The van der Waals surface area contributed by atoms with E-state index in [2.05, 4.69) is 9.88 Å². The lowest BCUT2D eigenvalue weighted by atomic mass is 10.2. The van der Waals surface area contributed by atoms with Gasteiger partial charge in [0.2, 0.25) is 0 Å². The quantitative estimate of drug-likeness (QED) is 0.776. The predicted octanol–water partition coefficient (Wildman–Crippen LogP) is 3.41. The molecule has 1 aliphatic rings. The molecule has 25 heavy (non-hydrogen) atoms. The average molecular weight is 341 g/mol. The number of benzene rings is 2. The number of aromatic nitrogens is 1. The topological polar surface area (TPSA) is 39.3 Å². The highest BCUT2D eigenvalue weighted by Gasteiger charge is 2.23. The van der Waals surface area contributed by atoms with Crippen molar-refractivity contribution in [3.8, 4) is 0 Å². The van der Waals surface area contributed by atoms with Crippen LogP contribution in [0.5, 0.6) is 0 Å². The Balaban J connectivity index is 1.46. The first-order valence-corrected chi connectivity index (χ1v) is 8.18. The summed E-state index contributed by atoms with van der Waals surface area (Å²) >= 11 is 0. The molecule has 1 saturated heterocycles. The molecule has 4 rings (SSSR count).